The zero-order valence-electron chi connectivity index (χ0n) is 10.7. The molecule has 0 aliphatic carbocycles. The molecule has 1 rings (SSSR count). The first-order valence-electron chi connectivity index (χ1n) is 5.49. The van der Waals surface area contributed by atoms with Crippen LogP contribution >= 0.6 is 0 Å². The molecule has 0 aliphatic rings. The molecule has 0 radical (unpaired) electrons. The molecule has 0 saturated carbocycles. The smallest absolute Gasteiger partial charge is 0.334 e. The molecule has 0 unspecified atom stereocenters. The Morgan fingerprint density at radius 1 is 1.17 bits per heavy atom. The SMILES string of the molecule is COC(=O)/C(=C/c1ccc(OC)cc1)CC(C)=O. The van der Waals surface area contributed by atoms with E-state index in [0.29, 0.717) is 5.57 Å². The summed E-state index contributed by atoms with van der Waals surface area (Å²) in [7, 11) is 2.88. The van der Waals surface area contributed by atoms with Crippen LogP contribution in [0, 0.1) is 0 Å². The lowest BCUT2D eigenvalue weighted by atomic mass is 10.1. The van der Waals surface area contributed by atoms with Crippen molar-refractivity contribution < 1.29 is 19.1 Å². The highest BCUT2D eigenvalue weighted by Gasteiger charge is 2.11. The van der Waals surface area contributed by atoms with E-state index in [1.165, 1.54) is 14.0 Å². The quantitative estimate of drug-likeness (QED) is 0.592. The van der Waals surface area contributed by atoms with E-state index in [4.69, 9.17) is 4.74 Å². The van der Waals surface area contributed by atoms with E-state index in [1.807, 2.05) is 12.1 Å². The van der Waals surface area contributed by atoms with Gasteiger partial charge in [-0.3, -0.25) is 4.79 Å². The largest absolute Gasteiger partial charge is 0.497 e. The summed E-state index contributed by atoms with van der Waals surface area (Å²) in [6.07, 6.45) is 1.71. The first-order valence-corrected chi connectivity index (χ1v) is 5.49. The van der Waals surface area contributed by atoms with Crippen molar-refractivity contribution in [1.82, 2.24) is 0 Å². The van der Waals surface area contributed by atoms with E-state index in [9.17, 15) is 9.59 Å². The second-order valence-corrected chi connectivity index (χ2v) is 3.81. The van der Waals surface area contributed by atoms with Gasteiger partial charge in [0.05, 0.1) is 14.2 Å². The van der Waals surface area contributed by atoms with Gasteiger partial charge >= 0.3 is 5.97 Å². The number of benzene rings is 1. The number of hydrogen-bond donors (Lipinski definition) is 0. The van der Waals surface area contributed by atoms with Gasteiger partial charge in [-0.05, 0) is 30.7 Å². The normalized spacial score (nSPS) is 10.9. The predicted molar refractivity (Wildman–Crippen MR) is 68.3 cm³/mol. The first kappa shape index (κ1) is 14.0. The number of ketones is 1. The third-order valence-electron chi connectivity index (χ3n) is 2.34. The number of hydrogen-bond acceptors (Lipinski definition) is 4. The van der Waals surface area contributed by atoms with Crippen molar-refractivity contribution in [2.45, 2.75) is 13.3 Å². The van der Waals surface area contributed by atoms with E-state index in [0.717, 1.165) is 11.3 Å². The van der Waals surface area contributed by atoms with Crippen LogP contribution in [0.3, 0.4) is 0 Å². The van der Waals surface area contributed by atoms with E-state index < -0.39 is 5.97 Å². The second kappa shape index (κ2) is 6.59. The molecule has 0 fully saturated rings. The van der Waals surface area contributed by atoms with Gasteiger partial charge in [-0.2, -0.15) is 0 Å². The molecular formula is C14H16O4. The molecule has 0 aromatic heterocycles. The summed E-state index contributed by atoms with van der Waals surface area (Å²) in [5.74, 6) is 0.166. The summed E-state index contributed by atoms with van der Waals surface area (Å²) >= 11 is 0. The number of carbonyl (C=O) groups is 2. The van der Waals surface area contributed by atoms with Crippen molar-refractivity contribution in [3.8, 4) is 5.75 Å². The minimum atomic E-state index is -0.485. The summed E-state index contributed by atoms with van der Waals surface area (Å²) in [6, 6.07) is 7.19. The monoisotopic (exact) mass is 248 g/mol. The molecule has 0 N–H and O–H groups in total. The van der Waals surface area contributed by atoms with Gasteiger partial charge in [0.25, 0.3) is 0 Å². The second-order valence-electron chi connectivity index (χ2n) is 3.81. The maximum atomic E-state index is 11.5. The lowest BCUT2D eigenvalue weighted by Crippen LogP contribution is -2.08. The number of rotatable bonds is 5. The molecule has 4 nitrogen and oxygen atoms in total. The van der Waals surface area contributed by atoms with Crippen LogP contribution in [0.1, 0.15) is 18.9 Å². The van der Waals surface area contributed by atoms with Gasteiger partial charge in [-0.1, -0.05) is 12.1 Å². The Labute approximate surface area is 106 Å². The van der Waals surface area contributed by atoms with Crippen LogP contribution in [0.4, 0.5) is 0 Å². The van der Waals surface area contributed by atoms with Crippen LogP contribution in [-0.4, -0.2) is 26.0 Å². The molecule has 0 heterocycles. The van der Waals surface area contributed by atoms with Gasteiger partial charge in [0, 0.05) is 12.0 Å². The van der Waals surface area contributed by atoms with Crippen LogP contribution in [0.2, 0.25) is 0 Å². The maximum absolute atomic E-state index is 11.5. The van der Waals surface area contributed by atoms with Gasteiger partial charge in [0.15, 0.2) is 0 Å². The van der Waals surface area contributed by atoms with Gasteiger partial charge in [-0.15, -0.1) is 0 Å². The highest BCUT2D eigenvalue weighted by atomic mass is 16.5. The van der Waals surface area contributed by atoms with Crippen LogP contribution in [0.5, 0.6) is 5.75 Å². The number of carbonyl (C=O) groups excluding carboxylic acids is 2. The molecule has 0 atom stereocenters. The average molecular weight is 248 g/mol. The molecule has 1 aromatic carbocycles. The van der Waals surface area contributed by atoms with E-state index in [1.54, 1.807) is 25.3 Å². The molecule has 1 aromatic rings. The van der Waals surface area contributed by atoms with Crippen LogP contribution in [-0.2, 0) is 14.3 Å². The zero-order valence-corrected chi connectivity index (χ0v) is 10.7. The minimum absolute atomic E-state index is 0.0682. The number of methoxy groups -OCH3 is 2. The van der Waals surface area contributed by atoms with Crippen molar-refractivity contribution in [2.75, 3.05) is 14.2 Å². The molecule has 18 heavy (non-hydrogen) atoms. The molecule has 0 bridgehead atoms. The molecule has 4 heteroatoms. The molecule has 0 aliphatic heterocycles. The van der Waals surface area contributed by atoms with Crippen molar-refractivity contribution >= 4 is 17.8 Å². The Bertz CT molecular complexity index is 457. The highest BCUT2D eigenvalue weighted by Crippen LogP contribution is 2.16. The third-order valence-corrected chi connectivity index (χ3v) is 2.34. The van der Waals surface area contributed by atoms with Gasteiger partial charge in [0.1, 0.15) is 11.5 Å². The van der Waals surface area contributed by atoms with Gasteiger partial charge in [0.2, 0.25) is 0 Å². The Morgan fingerprint density at radius 2 is 1.78 bits per heavy atom. The maximum Gasteiger partial charge on any atom is 0.334 e. The lowest BCUT2D eigenvalue weighted by Gasteiger charge is -2.04. The predicted octanol–water partition coefficient (Wildman–Crippen LogP) is 2.23. The lowest BCUT2D eigenvalue weighted by molar-refractivity contribution is -0.136. The Hall–Kier alpha value is -2.10. The molecule has 0 spiro atoms. The number of ether oxygens (including phenoxy) is 2. The van der Waals surface area contributed by atoms with Crippen molar-refractivity contribution in [3.05, 3.63) is 35.4 Å². The van der Waals surface area contributed by atoms with E-state index in [-0.39, 0.29) is 12.2 Å². The van der Waals surface area contributed by atoms with Gasteiger partial charge < -0.3 is 9.47 Å². The van der Waals surface area contributed by atoms with E-state index >= 15 is 0 Å². The van der Waals surface area contributed by atoms with Crippen LogP contribution in [0.25, 0.3) is 6.08 Å². The summed E-state index contributed by atoms with van der Waals surface area (Å²) < 4.78 is 9.69. The summed E-state index contributed by atoms with van der Waals surface area (Å²) in [5, 5.41) is 0. The van der Waals surface area contributed by atoms with Crippen LogP contribution < -0.4 is 4.74 Å². The highest BCUT2D eigenvalue weighted by molar-refractivity contribution is 5.99. The fourth-order valence-corrected chi connectivity index (χ4v) is 1.48. The summed E-state index contributed by atoms with van der Waals surface area (Å²) in [6.45, 7) is 1.44. The Morgan fingerprint density at radius 3 is 2.22 bits per heavy atom. The number of esters is 1. The van der Waals surface area contributed by atoms with Crippen molar-refractivity contribution in [2.24, 2.45) is 0 Å². The van der Waals surface area contributed by atoms with Gasteiger partial charge in [-0.25, -0.2) is 4.79 Å². The molecule has 96 valence electrons. The Kier molecular flexibility index (Phi) is 5.11. The first-order chi connectivity index (χ1) is 8.56. The van der Waals surface area contributed by atoms with Crippen LogP contribution in [0.15, 0.2) is 29.8 Å². The third kappa shape index (κ3) is 4.05. The van der Waals surface area contributed by atoms with Crippen molar-refractivity contribution in [3.63, 3.8) is 0 Å². The zero-order chi connectivity index (χ0) is 13.5. The van der Waals surface area contributed by atoms with E-state index in [2.05, 4.69) is 4.74 Å². The molecule has 0 amide bonds. The summed E-state index contributed by atoms with van der Waals surface area (Å²) in [5.41, 5.74) is 1.16. The molecular weight excluding hydrogens is 232 g/mol. The topological polar surface area (TPSA) is 52.6 Å². The standard InChI is InChI=1S/C14H16O4/c1-10(15)8-12(14(16)18-3)9-11-4-6-13(17-2)7-5-11/h4-7,9H,8H2,1-3H3/b12-9+. The summed E-state index contributed by atoms with van der Waals surface area (Å²) in [4.78, 5) is 22.6. The minimum Gasteiger partial charge on any atom is -0.497 e. The van der Waals surface area contributed by atoms with Crippen molar-refractivity contribution in [1.29, 1.82) is 0 Å². The fourth-order valence-electron chi connectivity index (χ4n) is 1.48. The molecule has 0 saturated heterocycles. The fraction of sp³-hybridized carbons (Fsp3) is 0.286. The number of Topliss-reactive ketones (excluding diaryl/α,β-unsaturated/α-hetero) is 1. The average Bonchev–Trinajstić information content (AvgIpc) is 2.37. The Balaban J connectivity index is 2.98.